The van der Waals surface area contributed by atoms with Crippen LogP contribution in [0.3, 0.4) is 0 Å². The van der Waals surface area contributed by atoms with Crippen molar-refractivity contribution in [2.24, 2.45) is 0 Å². The largest absolute Gasteiger partial charge is 0.508 e. The van der Waals surface area contributed by atoms with Gasteiger partial charge >= 0.3 is 0 Å². The van der Waals surface area contributed by atoms with Gasteiger partial charge in [-0.15, -0.1) is 0 Å². The molecule has 50 heavy (non-hydrogen) atoms. The van der Waals surface area contributed by atoms with Gasteiger partial charge < -0.3 is 39.4 Å². The second-order valence-electron chi connectivity index (χ2n) is 13.4. The van der Waals surface area contributed by atoms with Crippen molar-refractivity contribution >= 4 is 17.6 Å². The maximum Gasteiger partial charge on any atom is 0.171 e. The van der Waals surface area contributed by atoms with Crippen LogP contribution in [0.1, 0.15) is 70.7 Å². The Morgan fingerprint density at radius 2 is 1.46 bits per heavy atom. The third kappa shape index (κ3) is 7.87. The van der Waals surface area contributed by atoms with E-state index in [0.29, 0.717) is 34.8 Å². The molecule has 0 aliphatic carbocycles. The topological polar surface area (TPSA) is 152 Å². The molecule has 0 amide bonds. The van der Waals surface area contributed by atoms with Gasteiger partial charge in [0, 0.05) is 37.0 Å². The fourth-order valence-electron chi connectivity index (χ4n) is 5.80. The summed E-state index contributed by atoms with van der Waals surface area (Å²) in [7, 11) is 3.14. The third-order valence-corrected chi connectivity index (χ3v) is 8.69. The van der Waals surface area contributed by atoms with Crippen molar-refractivity contribution in [2.75, 3.05) is 14.2 Å². The van der Waals surface area contributed by atoms with Crippen LogP contribution in [-0.4, -0.2) is 63.5 Å². The van der Waals surface area contributed by atoms with E-state index in [0.717, 1.165) is 22.9 Å². The van der Waals surface area contributed by atoms with Gasteiger partial charge in [-0.2, -0.15) is 0 Å². The molecular weight excluding hydrogens is 640 g/mol. The second-order valence-corrected chi connectivity index (χ2v) is 13.4. The molecule has 262 valence electrons. The standard InChI is InChI=1S/C25H28O6.C15H14O4/c1-24(2)9-8-16-20(30-24)7-6-14(23(16)29-5)11-18(26)17-10-15-12-22(28)25(3,4)31-21(15)13-19(17)27;1-19-12-5-2-10(3-6-12)8-14(17)13-7-4-11(16)9-15(13)18/h6-10,13,22,27-28H,11-12H2,1-5H3;2-7,9,16,18H,8H2,1H3. The quantitative estimate of drug-likeness (QED) is 0.149. The maximum absolute atomic E-state index is 13.1. The first-order chi connectivity index (χ1) is 23.6. The Balaban J connectivity index is 0.000000219. The molecule has 1 unspecified atom stereocenters. The molecule has 2 aliphatic rings. The van der Waals surface area contributed by atoms with Crippen molar-refractivity contribution in [3.05, 3.63) is 106 Å². The monoisotopic (exact) mass is 682 g/mol. The number of ether oxygens (including phenoxy) is 4. The zero-order valence-corrected chi connectivity index (χ0v) is 28.9. The fraction of sp³-hybridized carbons (Fsp3) is 0.300. The fourth-order valence-corrected chi connectivity index (χ4v) is 5.80. The number of aromatic hydroxyl groups is 3. The van der Waals surface area contributed by atoms with Gasteiger partial charge in [-0.25, -0.2) is 0 Å². The van der Waals surface area contributed by atoms with Crippen molar-refractivity contribution in [3.63, 3.8) is 0 Å². The molecule has 6 rings (SSSR count). The number of ketones is 2. The Hall–Kier alpha value is -5.48. The number of benzene rings is 4. The molecule has 0 aromatic heterocycles. The highest BCUT2D eigenvalue weighted by Gasteiger charge is 2.36. The highest BCUT2D eigenvalue weighted by molar-refractivity contribution is 6.01. The van der Waals surface area contributed by atoms with Crippen LogP contribution in [0.5, 0.6) is 40.2 Å². The molecule has 10 heteroatoms. The van der Waals surface area contributed by atoms with Gasteiger partial charge in [0.2, 0.25) is 0 Å². The van der Waals surface area contributed by atoms with E-state index in [-0.39, 0.29) is 52.8 Å². The van der Waals surface area contributed by atoms with Crippen LogP contribution in [0.2, 0.25) is 0 Å². The highest BCUT2D eigenvalue weighted by atomic mass is 16.5. The molecule has 0 radical (unpaired) electrons. The molecule has 0 bridgehead atoms. The summed E-state index contributed by atoms with van der Waals surface area (Å²) in [6, 6.07) is 17.8. The van der Waals surface area contributed by atoms with Crippen LogP contribution in [0.25, 0.3) is 6.08 Å². The predicted octanol–water partition coefficient (Wildman–Crippen LogP) is 6.62. The molecule has 2 heterocycles. The Morgan fingerprint density at radius 1 is 0.780 bits per heavy atom. The summed E-state index contributed by atoms with van der Waals surface area (Å²) in [5.41, 5.74) is 2.25. The van der Waals surface area contributed by atoms with Crippen LogP contribution < -0.4 is 18.9 Å². The van der Waals surface area contributed by atoms with E-state index in [1.807, 2.05) is 38.1 Å². The Labute approximate surface area is 291 Å². The van der Waals surface area contributed by atoms with Crippen molar-refractivity contribution < 1.29 is 49.0 Å². The van der Waals surface area contributed by atoms with Gasteiger partial charge in [-0.3, -0.25) is 9.59 Å². The van der Waals surface area contributed by atoms with Gasteiger partial charge in [0.25, 0.3) is 0 Å². The number of Topliss-reactive ketones (excluding diaryl/α,β-unsaturated/α-hetero) is 2. The normalized spacial score (nSPS) is 16.3. The lowest BCUT2D eigenvalue weighted by atomic mass is 9.89. The van der Waals surface area contributed by atoms with Crippen LogP contribution in [0, 0.1) is 0 Å². The summed E-state index contributed by atoms with van der Waals surface area (Å²) in [6.45, 7) is 7.52. The third-order valence-electron chi connectivity index (χ3n) is 8.69. The molecule has 2 aliphatic heterocycles. The Kier molecular flexibility index (Phi) is 10.1. The zero-order chi connectivity index (χ0) is 36.4. The summed E-state index contributed by atoms with van der Waals surface area (Å²) in [5, 5.41) is 39.6. The lowest BCUT2D eigenvalue weighted by molar-refractivity contribution is -0.0412. The average Bonchev–Trinajstić information content (AvgIpc) is 3.05. The SMILES string of the molecule is COc1c(CC(=O)c2cc3c(cc2O)OC(C)(C)C(O)C3)ccc2c1C=CC(C)(C)O2.COc1ccc(CC(=O)c2ccc(O)cc2O)cc1. The van der Waals surface area contributed by atoms with E-state index < -0.39 is 17.3 Å². The van der Waals surface area contributed by atoms with Gasteiger partial charge in [-0.1, -0.05) is 18.2 Å². The second kappa shape index (κ2) is 14.2. The van der Waals surface area contributed by atoms with Gasteiger partial charge in [0.1, 0.15) is 51.4 Å². The summed E-state index contributed by atoms with van der Waals surface area (Å²) in [4.78, 5) is 25.1. The van der Waals surface area contributed by atoms with Crippen molar-refractivity contribution in [2.45, 2.75) is 64.3 Å². The summed E-state index contributed by atoms with van der Waals surface area (Å²) in [5.74, 6) is 1.61. The number of hydrogen-bond acceptors (Lipinski definition) is 10. The average molecular weight is 683 g/mol. The van der Waals surface area contributed by atoms with Crippen LogP contribution in [0.4, 0.5) is 0 Å². The minimum Gasteiger partial charge on any atom is -0.508 e. The van der Waals surface area contributed by atoms with Gasteiger partial charge in [0.15, 0.2) is 11.6 Å². The molecule has 0 fully saturated rings. The molecule has 0 saturated carbocycles. The molecule has 0 spiro atoms. The lowest BCUT2D eigenvalue weighted by Crippen LogP contribution is -2.46. The van der Waals surface area contributed by atoms with Crippen molar-refractivity contribution in [1.82, 2.24) is 0 Å². The van der Waals surface area contributed by atoms with E-state index >= 15 is 0 Å². The Morgan fingerprint density at radius 3 is 2.12 bits per heavy atom. The number of hydrogen-bond donors (Lipinski definition) is 4. The number of aliphatic hydroxyl groups excluding tert-OH is 1. The Bertz CT molecular complexity index is 1940. The van der Waals surface area contributed by atoms with Gasteiger partial charge in [0.05, 0.1) is 37.0 Å². The maximum atomic E-state index is 13.1. The number of methoxy groups -OCH3 is 2. The minimum absolute atomic E-state index is 0.0505. The number of phenols is 3. The first kappa shape index (κ1) is 35.8. The van der Waals surface area contributed by atoms with Crippen LogP contribution in [0.15, 0.2) is 72.8 Å². The molecule has 4 N–H and O–H groups in total. The van der Waals surface area contributed by atoms with Crippen LogP contribution in [-0.2, 0) is 19.3 Å². The van der Waals surface area contributed by atoms with E-state index in [4.69, 9.17) is 18.9 Å². The molecular formula is C40H42O10. The number of aliphatic hydroxyl groups is 1. The molecule has 4 aromatic carbocycles. The van der Waals surface area contributed by atoms with E-state index in [1.165, 1.54) is 18.2 Å². The first-order valence-electron chi connectivity index (χ1n) is 16.1. The molecule has 4 aromatic rings. The summed E-state index contributed by atoms with van der Waals surface area (Å²) >= 11 is 0. The number of carbonyl (C=O) groups is 2. The molecule has 10 nitrogen and oxygen atoms in total. The predicted molar refractivity (Wildman–Crippen MR) is 188 cm³/mol. The smallest absolute Gasteiger partial charge is 0.171 e. The van der Waals surface area contributed by atoms with E-state index in [9.17, 15) is 30.0 Å². The molecule has 0 saturated heterocycles. The van der Waals surface area contributed by atoms with Gasteiger partial charge in [-0.05, 0) is 87.4 Å². The zero-order valence-electron chi connectivity index (χ0n) is 28.9. The molecule has 1 atom stereocenters. The van der Waals surface area contributed by atoms with Crippen LogP contribution >= 0.6 is 0 Å². The van der Waals surface area contributed by atoms with E-state index in [1.54, 1.807) is 58.4 Å². The highest BCUT2D eigenvalue weighted by Crippen LogP contribution is 2.41. The van der Waals surface area contributed by atoms with Crippen molar-refractivity contribution in [3.8, 4) is 40.2 Å². The van der Waals surface area contributed by atoms with E-state index in [2.05, 4.69) is 0 Å². The minimum atomic E-state index is -0.758. The number of phenolic OH excluding ortho intramolecular Hbond substituents is 3. The number of rotatable bonds is 8. The first-order valence-corrected chi connectivity index (χ1v) is 16.1. The summed E-state index contributed by atoms with van der Waals surface area (Å²) < 4.78 is 22.4. The van der Waals surface area contributed by atoms with Crippen molar-refractivity contribution in [1.29, 1.82) is 0 Å². The lowest BCUT2D eigenvalue weighted by Gasteiger charge is -2.37. The number of fused-ring (bicyclic) bond motifs is 2. The number of carbonyl (C=O) groups excluding carboxylic acids is 2. The summed E-state index contributed by atoms with van der Waals surface area (Å²) in [6.07, 6.45) is 3.78.